The van der Waals surface area contributed by atoms with Crippen molar-refractivity contribution in [1.82, 2.24) is 4.98 Å². The first-order chi connectivity index (χ1) is 8.69. The van der Waals surface area contributed by atoms with Crippen molar-refractivity contribution in [2.45, 2.75) is 12.4 Å². The number of esters is 1. The van der Waals surface area contributed by atoms with Crippen molar-refractivity contribution >= 4 is 16.1 Å². The highest BCUT2D eigenvalue weighted by Gasteiger charge is 2.49. The molecule has 0 aromatic carbocycles. The lowest BCUT2D eigenvalue weighted by Crippen LogP contribution is -2.28. The molecule has 0 radical (unpaired) electrons. The SMILES string of the molecule is CCOC(=O)c1ncccc1OS(=O)(=O)C(F)(F)F. The van der Waals surface area contributed by atoms with E-state index in [4.69, 9.17) is 0 Å². The Morgan fingerprint density at radius 2 is 2.05 bits per heavy atom. The van der Waals surface area contributed by atoms with E-state index in [0.717, 1.165) is 18.3 Å². The molecule has 106 valence electrons. The maximum atomic E-state index is 12.2. The number of hydrogen-bond acceptors (Lipinski definition) is 6. The molecule has 0 N–H and O–H groups in total. The lowest BCUT2D eigenvalue weighted by Gasteiger charge is -2.11. The normalized spacial score (nSPS) is 12.0. The Morgan fingerprint density at radius 3 is 2.58 bits per heavy atom. The third kappa shape index (κ3) is 3.56. The van der Waals surface area contributed by atoms with Gasteiger partial charge in [-0.3, -0.25) is 0 Å². The minimum Gasteiger partial charge on any atom is -0.461 e. The topological polar surface area (TPSA) is 82.6 Å². The molecular weight excluding hydrogens is 291 g/mol. The summed E-state index contributed by atoms with van der Waals surface area (Å²) in [7, 11) is -5.87. The minimum atomic E-state index is -5.87. The summed E-state index contributed by atoms with van der Waals surface area (Å²) < 4.78 is 66.5. The Bertz CT molecular complexity index is 569. The van der Waals surface area contributed by atoms with Gasteiger partial charge in [0.05, 0.1) is 6.61 Å². The van der Waals surface area contributed by atoms with Crippen LogP contribution in [0.3, 0.4) is 0 Å². The van der Waals surface area contributed by atoms with Crippen molar-refractivity contribution in [1.29, 1.82) is 0 Å². The molecule has 1 heterocycles. The lowest BCUT2D eigenvalue weighted by molar-refractivity contribution is -0.0500. The Kier molecular flexibility index (Phi) is 4.35. The molecule has 0 spiro atoms. The molecule has 19 heavy (non-hydrogen) atoms. The Hall–Kier alpha value is -1.84. The summed E-state index contributed by atoms with van der Waals surface area (Å²) in [6.07, 6.45) is 1.08. The monoisotopic (exact) mass is 299 g/mol. The average molecular weight is 299 g/mol. The van der Waals surface area contributed by atoms with Crippen LogP contribution < -0.4 is 4.18 Å². The van der Waals surface area contributed by atoms with Gasteiger partial charge in [-0.1, -0.05) is 0 Å². The summed E-state index contributed by atoms with van der Waals surface area (Å²) in [5, 5.41) is 0. The summed E-state index contributed by atoms with van der Waals surface area (Å²) in [6, 6.07) is 1.98. The smallest absolute Gasteiger partial charge is 0.461 e. The van der Waals surface area contributed by atoms with Crippen molar-refractivity contribution in [2.24, 2.45) is 0 Å². The van der Waals surface area contributed by atoms with Gasteiger partial charge in [-0.15, -0.1) is 0 Å². The third-order valence-corrected chi connectivity index (χ3v) is 2.69. The zero-order valence-electron chi connectivity index (χ0n) is 9.47. The van der Waals surface area contributed by atoms with Crippen molar-refractivity contribution in [3.63, 3.8) is 0 Å². The number of nitrogens with zero attached hydrogens (tertiary/aromatic N) is 1. The summed E-state index contributed by atoms with van der Waals surface area (Å²) >= 11 is 0. The molecule has 1 aromatic rings. The van der Waals surface area contributed by atoms with Crippen LogP contribution in [0.1, 0.15) is 17.4 Å². The highest BCUT2D eigenvalue weighted by molar-refractivity contribution is 7.88. The van der Waals surface area contributed by atoms with Crippen LogP contribution in [0, 0.1) is 0 Å². The van der Waals surface area contributed by atoms with E-state index in [1.165, 1.54) is 6.92 Å². The number of pyridine rings is 1. The molecule has 0 fully saturated rings. The summed E-state index contributed by atoms with van der Waals surface area (Å²) in [5.41, 5.74) is -6.26. The van der Waals surface area contributed by atoms with Crippen LogP contribution >= 0.6 is 0 Å². The standard InChI is InChI=1S/C9H8F3NO5S/c1-2-17-8(14)7-6(4-3-5-13-7)18-19(15,16)9(10,11)12/h3-5H,2H2,1H3. The molecule has 1 rings (SSSR count). The highest BCUT2D eigenvalue weighted by Crippen LogP contribution is 2.28. The van der Waals surface area contributed by atoms with Gasteiger partial charge < -0.3 is 8.92 Å². The van der Waals surface area contributed by atoms with E-state index in [1.807, 2.05) is 0 Å². The zero-order chi connectivity index (χ0) is 14.7. The Balaban J connectivity index is 3.13. The number of carbonyl (C=O) groups is 1. The van der Waals surface area contributed by atoms with E-state index >= 15 is 0 Å². The van der Waals surface area contributed by atoms with E-state index in [2.05, 4.69) is 13.9 Å². The Morgan fingerprint density at radius 1 is 1.42 bits per heavy atom. The Labute approximate surface area is 106 Å². The fraction of sp³-hybridized carbons (Fsp3) is 0.333. The summed E-state index contributed by atoms with van der Waals surface area (Å²) in [5.74, 6) is -1.94. The number of ether oxygens (including phenoxy) is 1. The van der Waals surface area contributed by atoms with E-state index in [-0.39, 0.29) is 6.61 Å². The number of hydrogen-bond donors (Lipinski definition) is 0. The average Bonchev–Trinajstić information content (AvgIpc) is 2.28. The predicted molar refractivity (Wildman–Crippen MR) is 55.8 cm³/mol. The first kappa shape index (κ1) is 15.2. The van der Waals surface area contributed by atoms with Crippen molar-refractivity contribution in [3.8, 4) is 5.75 Å². The fourth-order valence-electron chi connectivity index (χ4n) is 0.976. The van der Waals surface area contributed by atoms with Crippen molar-refractivity contribution in [2.75, 3.05) is 6.61 Å². The van der Waals surface area contributed by atoms with Gasteiger partial charge in [0.25, 0.3) is 0 Å². The first-order valence-electron chi connectivity index (χ1n) is 4.82. The minimum absolute atomic E-state index is 0.0547. The first-order valence-corrected chi connectivity index (χ1v) is 6.22. The number of halogens is 3. The van der Waals surface area contributed by atoms with Crippen LogP contribution in [0.2, 0.25) is 0 Å². The van der Waals surface area contributed by atoms with E-state index < -0.39 is 33.0 Å². The van der Waals surface area contributed by atoms with Crippen molar-refractivity contribution in [3.05, 3.63) is 24.0 Å². The van der Waals surface area contributed by atoms with E-state index in [1.54, 1.807) is 0 Å². The maximum absolute atomic E-state index is 12.2. The molecule has 0 aliphatic carbocycles. The number of carbonyl (C=O) groups excluding carboxylic acids is 1. The van der Waals surface area contributed by atoms with Gasteiger partial charge in [0, 0.05) is 6.20 Å². The van der Waals surface area contributed by atoms with Crippen LogP contribution in [0.4, 0.5) is 13.2 Å². The van der Waals surface area contributed by atoms with Gasteiger partial charge in [-0.05, 0) is 19.1 Å². The van der Waals surface area contributed by atoms with Gasteiger partial charge in [-0.2, -0.15) is 21.6 Å². The maximum Gasteiger partial charge on any atom is 0.534 e. The van der Waals surface area contributed by atoms with Gasteiger partial charge in [0.1, 0.15) is 0 Å². The highest BCUT2D eigenvalue weighted by atomic mass is 32.2. The molecule has 10 heteroatoms. The molecule has 0 amide bonds. The second kappa shape index (κ2) is 5.43. The number of rotatable bonds is 4. The van der Waals surface area contributed by atoms with Crippen LogP contribution in [0.15, 0.2) is 18.3 Å². The van der Waals surface area contributed by atoms with Gasteiger partial charge >= 0.3 is 21.6 Å². The second-order valence-electron chi connectivity index (χ2n) is 3.05. The van der Waals surface area contributed by atoms with Gasteiger partial charge in [0.15, 0.2) is 11.4 Å². The van der Waals surface area contributed by atoms with Gasteiger partial charge in [0.2, 0.25) is 0 Å². The molecule has 1 aromatic heterocycles. The number of aromatic nitrogens is 1. The number of alkyl halides is 3. The molecule has 0 aliphatic heterocycles. The van der Waals surface area contributed by atoms with Crippen LogP contribution in [0.25, 0.3) is 0 Å². The largest absolute Gasteiger partial charge is 0.534 e. The van der Waals surface area contributed by atoms with Crippen LogP contribution in [-0.4, -0.2) is 31.5 Å². The van der Waals surface area contributed by atoms with E-state index in [0.29, 0.717) is 0 Å². The zero-order valence-corrected chi connectivity index (χ0v) is 10.3. The van der Waals surface area contributed by atoms with Crippen LogP contribution in [0.5, 0.6) is 5.75 Å². The quantitative estimate of drug-likeness (QED) is 0.476. The molecule has 0 aliphatic rings. The molecule has 0 atom stereocenters. The van der Waals surface area contributed by atoms with E-state index in [9.17, 15) is 26.4 Å². The van der Waals surface area contributed by atoms with Crippen LogP contribution in [-0.2, 0) is 14.9 Å². The lowest BCUT2D eigenvalue weighted by atomic mass is 10.3. The fourth-order valence-corrected chi connectivity index (χ4v) is 1.44. The molecule has 0 saturated carbocycles. The third-order valence-electron chi connectivity index (χ3n) is 1.72. The molecule has 0 bridgehead atoms. The molecule has 0 unspecified atom stereocenters. The van der Waals surface area contributed by atoms with Gasteiger partial charge in [-0.25, -0.2) is 9.78 Å². The van der Waals surface area contributed by atoms with Crippen molar-refractivity contribution < 1.29 is 35.3 Å². The molecule has 0 saturated heterocycles. The summed E-state index contributed by atoms with van der Waals surface area (Å²) in [6.45, 7) is 1.41. The summed E-state index contributed by atoms with van der Waals surface area (Å²) in [4.78, 5) is 14.8. The molecule has 6 nitrogen and oxygen atoms in total. The predicted octanol–water partition coefficient (Wildman–Crippen LogP) is 1.49. The second-order valence-corrected chi connectivity index (χ2v) is 4.59. The molecular formula is C9H8F3NO5S.